The molecule has 4 rings (SSSR count). The zero-order valence-electron chi connectivity index (χ0n) is 20.2. The topological polar surface area (TPSA) is 150 Å². The number of amides is 1. The van der Waals surface area contributed by atoms with Crippen molar-refractivity contribution in [1.82, 2.24) is 10.6 Å². The van der Waals surface area contributed by atoms with E-state index in [2.05, 4.69) is 10.6 Å². The summed E-state index contributed by atoms with van der Waals surface area (Å²) < 4.78 is 23.6. The van der Waals surface area contributed by atoms with E-state index >= 15 is 0 Å². The number of benzene rings is 1. The fourth-order valence-electron chi connectivity index (χ4n) is 5.36. The van der Waals surface area contributed by atoms with Crippen LogP contribution < -0.4 is 15.4 Å². The molecule has 1 aromatic rings. The molecule has 1 aliphatic carbocycles. The van der Waals surface area contributed by atoms with E-state index in [4.69, 9.17) is 18.9 Å². The second kappa shape index (κ2) is 10.9. The van der Waals surface area contributed by atoms with Crippen LogP contribution in [0.4, 0.5) is 0 Å². The number of hydrogen-bond acceptors (Lipinski definition) is 8. The average molecular weight is 483 g/mol. The summed E-state index contributed by atoms with van der Waals surface area (Å²) in [5.74, 6) is -1.39. The van der Waals surface area contributed by atoms with E-state index in [1.54, 1.807) is 20.2 Å². The quantitative estimate of drug-likeness (QED) is 0.438. The van der Waals surface area contributed by atoms with Crippen LogP contribution in [-0.2, 0) is 25.4 Å². The SMILES string of the molecule is CC[C@H]1CC2OC3O[C@H](C)C[C@@H](NC(=O)Cc4cccc(OC)c4)[C@]3(O)OC2[C@@H](NC)[C@H]1O.O. The van der Waals surface area contributed by atoms with Gasteiger partial charge in [0.2, 0.25) is 18.0 Å². The smallest absolute Gasteiger partial charge is 0.239 e. The number of aliphatic hydroxyl groups is 2. The highest BCUT2D eigenvalue weighted by molar-refractivity contribution is 5.79. The number of nitrogens with one attached hydrogen (secondary N) is 2. The van der Waals surface area contributed by atoms with E-state index in [0.717, 1.165) is 12.0 Å². The molecular formula is C24H38N2O8. The standard InChI is InChI=1S/C24H36N2O7.H2O/c1-5-15-12-17-22(20(25-3)21(15)28)33-24(29)18(9-13(2)31-23(24)32-17)26-19(27)11-14-7-6-8-16(10-14)30-4;/h6-8,10,13,15,17-18,20-23,25,28-29H,5,9,11-12H2,1-4H3,(H,26,27);1H2/t13-,15+,17?,18-,20+,21+,22?,23?,24+;/m1./s1. The van der Waals surface area contributed by atoms with Crippen molar-refractivity contribution in [2.75, 3.05) is 14.2 Å². The maximum Gasteiger partial charge on any atom is 0.239 e. The van der Waals surface area contributed by atoms with Crippen LogP contribution in [0, 0.1) is 5.92 Å². The van der Waals surface area contributed by atoms with Gasteiger partial charge < -0.3 is 45.3 Å². The zero-order valence-corrected chi connectivity index (χ0v) is 20.2. The third-order valence-corrected chi connectivity index (χ3v) is 7.18. The molecule has 6 N–H and O–H groups in total. The van der Waals surface area contributed by atoms with Crippen molar-refractivity contribution in [3.8, 4) is 5.75 Å². The van der Waals surface area contributed by atoms with Gasteiger partial charge in [0.1, 0.15) is 11.9 Å². The molecule has 34 heavy (non-hydrogen) atoms. The van der Waals surface area contributed by atoms with Gasteiger partial charge in [0.25, 0.3) is 0 Å². The first-order valence-electron chi connectivity index (χ1n) is 11.8. The Morgan fingerprint density at radius 1 is 1.29 bits per heavy atom. The highest BCUT2D eigenvalue weighted by Gasteiger charge is 2.61. The maximum absolute atomic E-state index is 12.9. The van der Waals surface area contributed by atoms with Crippen LogP contribution in [0.3, 0.4) is 0 Å². The number of ether oxygens (including phenoxy) is 4. The number of carbonyl (C=O) groups excluding carboxylic acids is 1. The Balaban J connectivity index is 0.00000324. The molecule has 3 fully saturated rings. The molecule has 1 amide bonds. The molecule has 0 bridgehead atoms. The maximum atomic E-state index is 12.9. The summed E-state index contributed by atoms with van der Waals surface area (Å²) in [7, 11) is 3.34. The van der Waals surface area contributed by atoms with Crippen LogP contribution in [-0.4, -0.2) is 84.3 Å². The number of methoxy groups -OCH3 is 1. The minimum Gasteiger partial charge on any atom is -0.497 e. The highest BCUT2D eigenvalue weighted by Crippen LogP contribution is 2.43. The second-order valence-corrected chi connectivity index (χ2v) is 9.38. The summed E-state index contributed by atoms with van der Waals surface area (Å²) in [5.41, 5.74) is 0.799. The molecule has 1 aromatic carbocycles. The zero-order chi connectivity index (χ0) is 23.8. The van der Waals surface area contributed by atoms with Crippen molar-refractivity contribution in [1.29, 1.82) is 0 Å². The summed E-state index contributed by atoms with van der Waals surface area (Å²) in [4.78, 5) is 12.9. The molecule has 1 saturated carbocycles. The van der Waals surface area contributed by atoms with Crippen LogP contribution in [0.25, 0.3) is 0 Å². The largest absolute Gasteiger partial charge is 0.497 e. The van der Waals surface area contributed by atoms with Gasteiger partial charge in [-0.25, -0.2) is 0 Å². The van der Waals surface area contributed by atoms with Gasteiger partial charge in [0, 0.05) is 0 Å². The van der Waals surface area contributed by atoms with Crippen molar-refractivity contribution >= 4 is 5.91 Å². The first-order valence-corrected chi connectivity index (χ1v) is 11.8. The van der Waals surface area contributed by atoms with Crippen LogP contribution >= 0.6 is 0 Å². The van der Waals surface area contributed by atoms with Crippen LogP contribution in [0.2, 0.25) is 0 Å². The van der Waals surface area contributed by atoms with Gasteiger partial charge in [0.15, 0.2) is 0 Å². The van der Waals surface area contributed by atoms with Gasteiger partial charge in [-0.1, -0.05) is 25.5 Å². The highest BCUT2D eigenvalue weighted by atomic mass is 16.8. The second-order valence-electron chi connectivity index (χ2n) is 9.38. The number of aliphatic hydroxyl groups excluding tert-OH is 1. The molecule has 0 spiro atoms. The monoisotopic (exact) mass is 482 g/mol. The lowest BCUT2D eigenvalue weighted by molar-refractivity contribution is -0.443. The summed E-state index contributed by atoms with van der Waals surface area (Å²) in [6, 6.07) is 6.16. The minimum absolute atomic E-state index is 0. The summed E-state index contributed by atoms with van der Waals surface area (Å²) in [5, 5.41) is 28.5. The fraction of sp³-hybridized carbons (Fsp3) is 0.708. The first-order chi connectivity index (χ1) is 15.8. The Morgan fingerprint density at radius 3 is 2.74 bits per heavy atom. The van der Waals surface area contributed by atoms with Crippen molar-refractivity contribution in [3.63, 3.8) is 0 Å². The summed E-state index contributed by atoms with van der Waals surface area (Å²) in [6.45, 7) is 3.92. The molecule has 3 unspecified atom stereocenters. The molecule has 192 valence electrons. The Morgan fingerprint density at radius 2 is 2.06 bits per heavy atom. The van der Waals surface area contributed by atoms with Gasteiger partial charge in [0.05, 0.1) is 43.9 Å². The predicted octanol–water partition coefficient (Wildman–Crippen LogP) is -0.116. The molecule has 10 heteroatoms. The summed E-state index contributed by atoms with van der Waals surface area (Å²) >= 11 is 0. The fourth-order valence-corrected chi connectivity index (χ4v) is 5.36. The normalized spacial score (nSPS) is 39.2. The molecule has 10 nitrogen and oxygen atoms in total. The summed E-state index contributed by atoms with van der Waals surface area (Å²) in [6.07, 6.45) is -0.908. The number of fused-ring (bicyclic) bond motifs is 2. The van der Waals surface area contributed by atoms with E-state index < -0.39 is 36.4 Å². The Bertz CT molecular complexity index is 841. The minimum atomic E-state index is -1.87. The predicted molar refractivity (Wildman–Crippen MR) is 123 cm³/mol. The van der Waals surface area contributed by atoms with Gasteiger partial charge in [-0.05, 0) is 50.4 Å². The lowest BCUT2D eigenvalue weighted by Crippen LogP contribution is -2.75. The number of hydrogen-bond donors (Lipinski definition) is 4. The van der Waals surface area contributed by atoms with Crippen LogP contribution in [0.15, 0.2) is 24.3 Å². The number of rotatable bonds is 6. The van der Waals surface area contributed by atoms with Gasteiger partial charge >= 0.3 is 0 Å². The van der Waals surface area contributed by atoms with E-state index in [0.29, 0.717) is 18.6 Å². The molecule has 3 aliphatic rings. The first kappa shape index (κ1) is 26.8. The van der Waals surface area contributed by atoms with E-state index in [-0.39, 0.29) is 35.9 Å². The number of likely N-dealkylation sites (N-methyl/N-ethyl adjacent to an activating group) is 1. The third kappa shape index (κ3) is 5.08. The van der Waals surface area contributed by atoms with Crippen LogP contribution in [0.5, 0.6) is 5.75 Å². The van der Waals surface area contributed by atoms with Crippen molar-refractivity contribution in [2.45, 2.75) is 88.1 Å². The molecule has 0 aromatic heterocycles. The molecule has 9 atom stereocenters. The van der Waals surface area contributed by atoms with Gasteiger partial charge in [-0.2, -0.15) is 0 Å². The Hall–Kier alpha value is -1.79. The molecule has 2 heterocycles. The van der Waals surface area contributed by atoms with E-state index in [1.165, 1.54) is 0 Å². The van der Waals surface area contributed by atoms with Crippen molar-refractivity contribution < 1.29 is 39.4 Å². The lowest BCUT2D eigenvalue weighted by Gasteiger charge is -2.57. The van der Waals surface area contributed by atoms with Gasteiger partial charge in [-0.3, -0.25) is 4.79 Å². The van der Waals surface area contributed by atoms with Crippen LogP contribution in [0.1, 0.15) is 38.7 Å². The van der Waals surface area contributed by atoms with E-state index in [9.17, 15) is 15.0 Å². The average Bonchev–Trinajstić information content (AvgIpc) is 2.78. The lowest BCUT2D eigenvalue weighted by atomic mass is 9.77. The van der Waals surface area contributed by atoms with Gasteiger partial charge in [-0.15, -0.1) is 0 Å². The van der Waals surface area contributed by atoms with Crippen molar-refractivity contribution in [3.05, 3.63) is 29.8 Å². The number of carbonyl (C=O) groups is 1. The van der Waals surface area contributed by atoms with Crippen molar-refractivity contribution in [2.24, 2.45) is 5.92 Å². The Labute approximate surface area is 200 Å². The van der Waals surface area contributed by atoms with E-state index in [1.807, 2.05) is 32.0 Å². The third-order valence-electron chi connectivity index (χ3n) is 7.18. The Kier molecular flexibility index (Phi) is 8.56. The molecule has 2 saturated heterocycles. The molecule has 0 radical (unpaired) electrons. The molecular weight excluding hydrogens is 444 g/mol. The molecule has 2 aliphatic heterocycles.